The summed E-state index contributed by atoms with van der Waals surface area (Å²) in [5.74, 6) is 0.750. The van der Waals surface area contributed by atoms with Crippen LogP contribution in [0.3, 0.4) is 0 Å². The third-order valence-electron chi connectivity index (χ3n) is 7.52. The number of aromatic nitrogens is 1. The summed E-state index contributed by atoms with van der Waals surface area (Å²) in [6.07, 6.45) is 1.49. The van der Waals surface area contributed by atoms with Crippen molar-refractivity contribution in [2.75, 3.05) is 7.11 Å². The van der Waals surface area contributed by atoms with Gasteiger partial charge in [-0.05, 0) is 79.1 Å². The number of rotatable bonds is 8. The number of hydrogen-bond acceptors (Lipinski definition) is 7. The van der Waals surface area contributed by atoms with E-state index in [1.165, 1.54) is 22.1 Å². The van der Waals surface area contributed by atoms with E-state index in [0.717, 1.165) is 21.3 Å². The Bertz CT molecular complexity index is 2120. The number of methoxy groups -OCH3 is 1. The van der Waals surface area contributed by atoms with Gasteiger partial charge in [0.15, 0.2) is 4.80 Å². The molecule has 0 spiro atoms. The van der Waals surface area contributed by atoms with E-state index >= 15 is 0 Å². The first kappa shape index (κ1) is 30.6. The number of esters is 1. The molecule has 0 aliphatic carbocycles. The van der Waals surface area contributed by atoms with Crippen LogP contribution in [0.2, 0.25) is 0 Å². The Hall–Kier alpha value is -4.47. The van der Waals surface area contributed by atoms with Gasteiger partial charge in [0.05, 0.1) is 29.0 Å². The maximum atomic E-state index is 14.0. The number of hydrogen-bond donors (Lipinski definition) is 0. The Morgan fingerprint density at radius 2 is 1.80 bits per heavy atom. The Morgan fingerprint density at radius 1 is 1.04 bits per heavy atom. The van der Waals surface area contributed by atoms with Crippen molar-refractivity contribution in [1.82, 2.24) is 4.57 Å². The van der Waals surface area contributed by atoms with Crippen molar-refractivity contribution >= 4 is 50.1 Å². The van der Waals surface area contributed by atoms with Gasteiger partial charge in [-0.1, -0.05) is 81.9 Å². The lowest BCUT2D eigenvalue weighted by atomic mass is 9.95. The molecular weight excluding hydrogens is 652 g/mol. The number of benzene rings is 4. The average molecular weight is 684 g/mol. The third-order valence-corrected chi connectivity index (χ3v) is 9.00. The highest BCUT2D eigenvalue weighted by molar-refractivity contribution is 9.10. The summed E-state index contributed by atoms with van der Waals surface area (Å²) in [4.78, 5) is 32.7. The zero-order valence-corrected chi connectivity index (χ0v) is 27.6. The first-order chi connectivity index (χ1) is 21.7. The van der Waals surface area contributed by atoms with Gasteiger partial charge in [-0.2, -0.15) is 0 Å². The van der Waals surface area contributed by atoms with Crippen LogP contribution in [0.5, 0.6) is 11.5 Å². The number of halogens is 1. The van der Waals surface area contributed by atoms with Crippen LogP contribution in [0.25, 0.3) is 16.8 Å². The first-order valence-electron chi connectivity index (χ1n) is 14.5. The van der Waals surface area contributed by atoms with E-state index in [0.29, 0.717) is 38.5 Å². The van der Waals surface area contributed by atoms with Crippen molar-refractivity contribution in [2.24, 2.45) is 4.99 Å². The summed E-state index contributed by atoms with van der Waals surface area (Å²) < 4.78 is 20.2. The number of allylic oxidation sites excluding steroid dienone is 1. The van der Waals surface area contributed by atoms with Gasteiger partial charge in [0.2, 0.25) is 0 Å². The second-order valence-electron chi connectivity index (χ2n) is 10.9. The van der Waals surface area contributed by atoms with E-state index in [1.807, 2.05) is 60.7 Å². The molecule has 0 N–H and O–H groups in total. The lowest BCUT2D eigenvalue weighted by Gasteiger charge is -2.26. The minimum atomic E-state index is -0.785. The highest BCUT2D eigenvalue weighted by Gasteiger charge is 2.35. The topological polar surface area (TPSA) is 79.1 Å². The molecule has 1 aliphatic rings. The van der Waals surface area contributed by atoms with Crippen molar-refractivity contribution in [3.05, 3.63) is 137 Å². The molecule has 0 bridgehead atoms. The summed E-state index contributed by atoms with van der Waals surface area (Å²) in [7, 11) is 1.56. The standard InChI is InChI=1S/C36H31BrN2O5S/c1-21(2)44-35(41)32-22(3)38-36-39(33(32)29-19-26(37)14-17-30(29)42-4)34(40)31(45-36)18-23-12-15-27(16-13-23)43-20-25-10-7-9-24-8-5-6-11-28(24)25/h5-19,21,33H,20H2,1-4H3/b31-18-/t33-/m1/s1. The molecule has 1 aromatic heterocycles. The predicted octanol–water partition coefficient (Wildman–Crippen LogP) is 6.69. The molecule has 1 aliphatic heterocycles. The summed E-state index contributed by atoms with van der Waals surface area (Å²) in [6.45, 7) is 5.79. The summed E-state index contributed by atoms with van der Waals surface area (Å²) in [5.41, 5.74) is 3.13. The number of carbonyl (C=O) groups excluding carboxylic acids is 1. The number of thiazole rings is 1. The normalized spacial score (nSPS) is 14.8. The second kappa shape index (κ2) is 12.9. The lowest BCUT2D eigenvalue weighted by Crippen LogP contribution is -2.40. The van der Waals surface area contributed by atoms with Crippen molar-refractivity contribution in [1.29, 1.82) is 0 Å². The Balaban J connectivity index is 1.35. The van der Waals surface area contributed by atoms with Gasteiger partial charge in [-0.3, -0.25) is 9.36 Å². The highest BCUT2D eigenvalue weighted by Crippen LogP contribution is 2.37. The van der Waals surface area contributed by atoms with Crippen LogP contribution in [0.4, 0.5) is 0 Å². The van der Waals surface area contributed by atoms with Gasteiger partial charge in [-0.15, -0.1) is 0 Å². The summed E-state index contributed by atoms with van der Waals surface area (Å²) in [5, 5.41) is 2.34. The molecule has 7 nitrogen and oxygen atoms in total. The van der Waals surface area contributed by atoms with E-state index in [2.05, 4.69) is 45.2 Å². The van der Waals surface area contributed by atoms with Gasteiger partial charge >= 0.3 is 5.97 Å². The maximum Gasteiger partial charge on any atom is 0.338 e. The van der Waals surface area contributed by atoms with E-state index < -0.39 is 12.0 Å². The molecule has 6 rings (SSSR count). The van der Waals surface area contributed by atoms with Crippen LogP contribution in [-0.4, -0.2) is 23.8 Å². The second-order valence-corrected chi connectivity index (χ2v) is 12.8. The molecule has 0 radical (unpaired) electrons. The summed E-state index contributed by atoms with van der Waals surface area (Å²) in [6, 6.07) is 26.8. The number of carbonyl (C=O) groups is 1. The van der Waals surface area contributed by atoms with Crippen LogP contribution in [0.15, 0.2) is 110 Å². The van der Waals surface area contributed by atoms with Crippen LogP contribution in [0, 0.1) is 0 Å². The van der Waals surface area contributed by atoms with Crippen molar-refractivity contribution in [2.45, 2.75) is 39.5 Å². The highest BCUT2D eigenvalue weighted by atomic mass is 79.9. The maximum absolute atomic E-state index is 14.0. The fourth-order valence-corrected chi connectivity index (χ4v) is 6.89. The van der Waals surface area contributed by atoms with Crippen molar-refractivity contribution in [3.63, 3.8) is 0 Å². The molecule has 9 heteroatoms. The van der Waals surface area contributed by atoms with Crippen molar-refractivity contribution < 1.29 is 19.0 Å². The minimum Gasteiger partial charge on any atom is -0.496 e. The van der Waals surface area contributed by atoms with E-state index in [1.54, 1.807) is 38.5 Å². The summed E-state index contributed by atoms with van der Waals surface area (Å²) >= 11 is 4.82. The molecule has 228 valence electrons. The lowest BCUT2D eigenvalue weighted by molar-refractivity contribution is -0.143. The fourth-order valence-electron chi connectivity index (χ4n) is 5.46. The van der Waals surface area contributed by atoms with Crippen LogP contribution in [0.1, 0.15) is 43.5 Å². The fraction of sp³-hybridized carbons (Fsp3) is 0.194. The van der Waals surface area contributed by atoms with Gasteiger partial charge in [0, 0.05) is 10.0 Å². The first-order valence-corrected chi connectivity index (χ1v) is 16.1. The molecule has 2 heterocycles. The monoisotopic (exact) mass is 682 g/mol. The Kier molecular flexibility index (Phi) is 8.74. The third kappa shape index (κ3) is 6.23. The van der Waals surface area contributed by atoms with Crippen LogP contribution >= 0.6 is 27.3 Å². The van der Waals surface area contributed by atoms with E-state index in [-0.39, 0.29) is 11.7 Å². The van der Waals surface area contributed by atoms with Crippen LogP contribution in [-0.2, 0) is 16.1 Å². The molecule has 4 aromatic carbocycles. The van der Waals surface area contributed by atoms with Gasteiger partial charge in [-0.25, -0.2) is 9.79 Å². The number of fused-ring (bicyclic) bond motifs is 2. The largest absolute Gasteiger partial charge is 0.496 e. The molecule has 5 aromatic rings. The predicted molar refractivity (Wildman–Crippen MR) is 180 cm³/mol. The molecule has 0 saturated carbocycles. The average Bonchev–Trinajstić information content (AvgIpc) is 3.33. The zero-order chi connectivity index (χ0) is 31.7. The molecule has 0 amide bonds. The van der Waals surface area contributed by atoms with Gasteiger partial charge in [0.25, 0.3) is 5.56 Å². The van der Waals surface area contributed by atoms with Crippen LogP contribution < -0.4 is 24.4 Å². The quantitative estimate of drug-likeness (QED) is 0.171. The SMILES string of the molecule is COc1ccc(Br)cc1[C@@H]1C(C(=O)OC(C)C)=C(C)N=c2s/c(=C\c3ccc(OCc4cccc5ccccc45)cc3)c(=O)n21. The molecule has 1 atom stereocenters. The smallest absolute Gasteiger partial charge is 0.338 e. The molecular formula is C36H31BrN2O5S. The Morgan fingerprint density at radius 3 is 2.56 bits per heavy atom. The van der Waals surface area contributed by atoms with E-state index in [4.69, 9.17) is 14.2 Å². The molecule has 0 fully saturated rings. The number of ether oxygens (including phenoxy) is 3. The Labute approximate surface area is 272 Å². The molecule has 0 unspecified atom stereocenters. The zero-order valence-electron chi connectivity index (χ0n) is 25.2. The minimum absolute atomic E-state index is 0.260. The molecule has 45 heavy (non-hydrogen) atoms. The van der Waals surface area contributed by atoms with E-state index in [9.17, 15) is 9.59 Å². The number of nitrogens with zero attached hydrogens (tertiary/aromatic N) is 2. The van der Waals surface area contributed by atoms with Crippen molar-refractivity contribution in [3.8, 4) is 11.5 Å². The van der Waals surface area contributed by atoms with Gasteiger partial charge < -0.3 is 14.2 Å². The molecule has 0 saturated heterocycles. The van der Waals surface area contributed by atoms with Gasteiger partial charge in [0.1, 0.15) is 24.1 Å².